The minimum atomic E-state index is 0.844. The van der Waals surface area contributed by atoms with Crippen LogP contribution in [0.1, 0.15) is 38.2 Å². The van der Waals surface area contributed by atoms with E-state index in [1.54, 1.807) is 0 Å². The quantitative estimate of drug-likeness (QED) is 0.739. The van der Waals surface area contributed by atoms with Gasteiger partial charge in [0.2, 0.25) is 0 Å². The first kappa shape index (κ1) is 15.3. The van der Waals surface area contributed by atoms with Crippen LogP contribution >= 0.6 is 0 Å². The topological polar surface area (TPSA) is 24.5 Å². The summed E-state index contributed by atoms with van der Waals surface area (Å²) in [4.78, 5) is 2.50. The highest BCUT2D eigenvalue weighted by atomic mass is 16.5. The van der Waals surface area contributed by atoms with Crippen molar-refractivity contribution in [1.82, 2.24) is 10.2 Å². The van der Waals surface area contributed by atoms with Gasteiger partial charge < -0.3 is 10.1 Å². The lowest BCUT2D eigenvalue weighted by Crippen LogP contribution is -2.42. The Morgan fingerprint density at radius 2 is 1.80 bits per heavy atom. The summed E-state index contributed by atoms with van der Waals surface area (Å²) in [6.45, 7) is 8.65. The first-order chi connectivity index (χ1) is 9.88. The van der Waals surface area contributed by atoms with E-state index >= 15 is 0 Å². The molecule has 3 nitrogen and oxygen atoms in total. The number of nitrogens with zero attached hydrogens (tertiary/aromatic N) is 1. The van der Waals surface area contributed by atoms with Gasteiger partial charge in [0.25, 0.3) is 0 Å². The highest BCUT2D eigenvalue weighted by molar-refractivity contribution is 5.27. The number of hydrogen-bond acceptors (Lipinski definition) is 3. The lowest BCUT2D eigenvalue weighted by atomic mass is 10.2. The third-order valence-electron chi connectivity index (χ3n) is 3.81. The molecular formula is C17H28N2O. The largest absolute Gasteiger partial charge is 0.494 e. The molecule has 3 heteroatoms. The van der Waals surface area contributed by atoms with E-state index in [2.05, 4.69) is 41.4 Å². The van der Waals surface area contributed by atoms with Gasteiger partial charge >= 0.3 is 0 Å². The van der Waals surface area contributed by atoms with Gasteiger partial charge in [-0.05, 0) is 24.1 Å². The van der Waals surface area contributed by atoms with Crippen LogP contribution < -0.4 is 10.1 Å². The normalized spacial score (nSPS) is 16.2. The van der Waals surface area contributed by atoms with Gasteiger partial charge in [0.1, 0.15) is 5.75 Å². The fourth-order valence-electron chi connectivity index (χ4n) is 2.54. The molecule has 0 aliphatic carbocycles. The number of piperazine rings is 1. The lowest BCUT2D eigenvalue weighted by Gasteiger charge is -2.27. The van der Waals surface area contributed by atoms with E-state index in [0.717, 1.165) is 51.5 Å². The van der Waals surface area contributed by atoms with Crippen LogP contribution in [0.3, 0.4) is 0 Å². The summed E-state index contributed by atoms with van der Waals surface area (Å²) in [5.41, 5.74) is 1.38. The molecule has 0 spiro atoms. The molecule has 0 saturated carbocycles. The molecule has 1 heterocycles. The summed E-state index contributed by atoms with van der Waals surface area (Å²) in [5.74, 6) is 1.01. The number of hydrogen-bond donors (Lipinski definition) is 1. The summed E-state index contributed by atoms with van der Waals surface area (Å²) in [6, 6.07) is 8.61. The van der Waals surface area contributed by atoms with Gasteiger partial charge in [0, 0.05) is 32.7 Å². The van der Waals surface area contributed by atoms with E-state index in [0.29, 0.717) is 0 Å². The van der Waals surface area contributed by atoms with E-state index in [9.17, 15) is 0 Å². The van der Waals surface area contributed by atoms with Gasteiger partial charge in [-0.2, -0.15) is 0 Å². The fourth-order valence-corrected chi connectivity index (χ4v) is 2.54. The molecule has 1 saturated heterocycles. The Bertz CT molecular complexity index is 358. The molecule has 1 aromatic rings. The average Bonchev–Trinajstić information content (AvgIpc) is 2.50. The van der Waals surface area contributed by atoms with Crippen molar-refractivity contribution >= 4 is 0 Å². The van der Waals surface area contributed by atoms with E-state index in [4.69, 9.17) is 4.74 Å². The molecular weight excluding hydrogens is 248 g/mol. The minimum absolute atomic E-state index is 0.844. The van der Waals surface area contributed by atoms with Crippen LogP contribution in [0.5, 0.6) is 5.75 Å². The molecule has 112 valence electrons. The molecule has 1 fully saturated rings. The Balaban J connectivity index is 1.69. The van der Waals surface area contributed by atoms with Crippen molar-refractivity contribution in [2.24, 2.45) is 0 Å². The standard InChI is InChI=1S/C17H28N2O/c1-2-3-4-5-14-20-17-8-6-16(7-9-17)15-19-12-10-18-11-13-19/h6-9,18H,2-5,10-15H2,1H3. The summed E-state index contributed by atoms with van der Waals surface area (Å²) < 4.78 is 5.77. The van der Waals surface area contributed by atoms with E-state index in [-0.39, 0.29) is 0 Å². The Hall–Kier alpha value is -1.06. The van der Waals surface area contributed by atoms with Crippen LogP contribution in [-0.4, -0.2) is 37.7 Å². The first-order valence-corrected chi connectivity index (χ1v) is 8.03. The molecule has 0 aromatic heterocycles. The van der Waals surface area contributed by atoms with Gasteiger partial charge in [0.15, 0.2) is 0 Å². The Morgan fingerprint density at radius 3 is 2.50 bits per heavy atom. The monoisotopic (exact) mass is 276 g/mol. The zero-order valence-electron chi connectivity index (χ0n) is 12.7. The zero-order chi connectivity index (χ0) is 14.0. The maximum absolute atomic E-state index is 5.77. The van der Waals surface area contributed by atoms with Crippen molar-refractivity contribution in [2.75, 3.05) is 32.8 Å². The molecule has 20 heavy (non-hydrogen) atoms. The van der Waals surface area contributed by atoms with Gasteiger partial charge in [-0.3, -0.25) is 4.90 Å². The van der Waals surface area contributed by atoms with Crippen LogP contribution in [0.25, 0.3) is 0 Å². The third-order valence-corrected chi connectivity index (χ3v) is 3.81. The predicted molar refractivity (Wildman–Crippen MR) is 84.2 cm³/mol. The maximum Gasteiger partial charge on any atom is 0.119 e. The Kier molecular flexibility index (Phi) is 6.89. The predicted octanol–water partition coefficient (Wildman–Crippen LogP) is 3.05. The third kappa shape index (κ3) is 5.51. The summed E-state index contributed by atoms with van der Waals surface area (Å²) in [5, 5.41) is 3.39. The molecule has 1 aliphatic heterocycles. The smallest absolute Gasteiger partial charge is 0.119 e. The lowest BCUT2D eigenvalue weighted by molar-refractivity contribution is 0.233. The van der Waals surface area contributed by atoms with E-state index in [1.165, 1.54) is 24.8 Å². The van der Waals surface area contributed by atoms with Crippen molar-refractivity contribution in [1.29, 1.82) is 0 Å². The Labute approximate surface area is 123 Å². The maximum atomic E-state index is 5.77. The van der Waals surface area contributed by atoms with Crippen molar-refractivity contribution < 1.29 is 4.74 Å². The molecule has 0 unspecified atom stereocenters. The molecule has 1 N–H and O–H groups in total. The number of benzene rings is 1. The molecule has 0 atom stereocenters. The SMILES string of the molecule is CCCCCCOc1ccc(CN2CCNCC2)cc1. The van der Waals surface area contributed by atoms with Crippen LogP contribution in [-0.2, 0) is 6.54 Å². The highest BCUT2D eigenvalue weighted by Gasteiger charge is 2.09. The minimum Gasteiger partial charge on any atom is -0.494 e. The summed E-state index contributed by atoms with van der Waals surface area (Å²) in [6.07, 6.45) is 5.03. The van der Waals surface area contributed by atoms with Crippen LogP contribution in [0.15, 0.2) is 24.3 Å². The van der Waals surface area contributed by atoms with Crippen LogP contribution in [0, 0.1) is 0 Å². The molecule has 0 bridgehead atoms. The molecule has 2 rings (SSSR count). The van der Waals surface area contributed by atoms with E-state index in [1.807, 2.05) is 0 Å². The molecule has 0 amide bonds. The second kappa shape index (κ2) is 8.98. The van der Waals surface area contributed by atoms with Crippen LogP contribution in [0.4, 0.5) is 0 Å². The van der Waals surface area contributed by atoms with Crippen molar-refractivity contribution in [2.45, 2.75) is 39.2 Å². The van der Waals surface area contributed by atoms with Crippen molar-refractivity contribution in [3.63, 3.8) is 0 Å². The van der Waals surface area contributed by atoms with E-state index < -0.39 is 0 Å². The second-order valence-electron chi connectivity index (χ2n) is 5.58. The van der Waals surface area contributed by atoms with Crippen molar-refractivity contribution in [3.8, 4) is 5.75 Å². The molecule has 1 aliphatic rings. The number of nitrogens with one attached hydrogen (secondary N) is 1. The average molecular weight is 276 g/mol. The number of rotatable bonds is 8. The fraction of sp³-hybridized carbons (Fsp3) is 0.647. The number of ether oxygens (including phenoxy) is 1. The number of unbranched alkanes of at least 4 members (excludes halogenated alkanes) is 3. The second-order valence-corrected chi connectivity index (χ2v) is 5.58. The summed E-state index contributed by atoms with van der Waals surface area (Å²) >= 11 is 0. The van der Waals surface area contributed by atoms with Crippen molar-refractivity contribution in [3.05, 3.63) is 29.8 Å². The van der Waals surface area contributed by atoms with Gasteiger partial charge in [0.05, 0.1) is 6.61 Å². The first-order valence-electron chi connectivity index (χ1n) is 8.03. The van der Waals surface area contributed by atoms with Gasteiger partial charge in [-0.25, -0.2) is 0 Å². The molecule has 1 aromatic carbocycles. The summed E-state index contributed by atoms with van der Waals surface area (Å²) in [7, 11) is 0. The zero-order valence-corrected chi connectivity index (χ0v) is 12.7. The van der Waals surface area contributed by atoms with Gasteiger partial charge in [-0.15, -0.1) is 0 Å². The van der Waals surface area contributed by atoms with Gasteiger partial charge in [-0.1, -0.05) is 38.3 Å². The Morgan fingerprint density at radius 1 is 1.05 bits per heavy atom. The highest BCUT2D eigenvalue weighted by Crippen LogP contribution is 2.14. The van der Waals surface area contributed by atoms with Crippen LogP contribution in [0.2, 0.25) is 0 Å². The molecule has 0 radical (unpaired) electrons.